The van der Waals surface area contributed by atoms with E-state index in [0.29, 0.717) is 0 Å². The van der Waals surface area contributed by atoms with Gasteiger partial charge in [-0.1, -0.05) is 31.5 Å². The zero-order valence-electron chi connectivity index (χ0n) is 9.77. The average molecular weight is 240 g/mol. The average Bonchev–Trinajstić information content (AvgIpc) is 2.70. The molecule has 0 radical (unpaired) electrons. The molecule has 17 heavy (non-hydrogen) atoms. The molecule has 92 valence electrons. The molecule has 0 bridgehead atoms. The summed E-state index contributed by atoms with van der Waals surface area (Å²) in [4.78, 5) is 0. The lowest BCUT2D eigenvalue weighted by Crippen LogP contribution is -2.11. The zero-order chi connectivity index (χ0) is 12.5. The largest absolute Gasteiger partial charge is 0.413 e. The molecule has 1 aromatic rings. The van der Waals surface area contributed by atoms with Crippen molar-refractivity contribution in [2.45, 2.75) is 38.8 Å². The summed E-state index contributed by atoms with van der Waals surface area (Å²) in [6.07, 6.45) is 0.0899. The van der Waals surface area contributed by atoms with Crippen molar-refractivity contribution in [1.82, 2.24) is 0 Å². The molecule has 0 heterocycles. The first-order valence-electron chi connectivity index (χ1n) is 5.91. The monoisotopic (exact) mass is 240 g/mol. The molecule has 0 N–H and O–H groups in total. The number of benzene rings is 1. The third kappa shape index (κ3) is 2.54. The van der Waals surface area contributed by atoms with Crippen LogP contribution < -0.4 is 0 Å². The second kappa shape index (κ2) is 4.55. The fourth-order valence-electron chi connectivity index (χ4n) is 2.20. The van der Waals surface area contributed by atoms with Crippen molar-refractivity contribution >= 4 is 6.08 Å². The van der Waals surface area contributed by atoms with Gasteiger partial charge in [0.25, 0.3) is 0 Å². The first-order valence-corrected chi connectivity index (χ1v) is 5.91. The summed E-state index contributed by atoms with van der Waals surface area (Å²) < 4.78 is 37.9. The van der Waals surface area contributed by atoms with E-state index in [2.05, 4.69) is 6.92 Å². The highest BCUT2D eigenvalue weighted by Gasteiger charge is 2.36. The summed E-state index contributed by atoms with van der Waals surface area (Å²) in [6.45, 7) is 2.08. The number of unbranched alkanes of at least 4 members (excludes halogenated alkanes) is 1. The fraction of sp³-hybridized carbons (Fsp3) is 0.429. The maximum atomic E-state index is 12.6. The van der Waals surface area contributed by atoms with Crippen molar-refractivity contribution in [3.63, 3.8) is 0 Å². The molecule has 0 atom stereocenters. The van der Waals surface area contributed by atoms with Crippen molar-refractivity contribution in [2.75, 3.05) is 0 Å². The summed E-state index contributed by atoms with van der Waals surface area (Å²) >= 11 is 0. The molecule has 0 unspecified atom stereocenters. The number of alkyl halides is 3. The molecule has 2 rings (SSSR count). The molecule has 0 nitrogen and oxygen atoms in total. The van der Waals surface area contributed by atoms with Gasteiger partial charge in [-0.2, -0.15) is 13.2 Å². The van der Waals surface area contributed by atoms with Gasteiger partial charge in [0, 0.05) is 12.0 Å². The van der Waals surface area contributed by atoms with E-state index >= 15 is 0 Å². The third-order valence-electron chi connectivity index (χ3n) is 3.15. The predicted octanol–water partition coefficient (Wildman–Crippen LogP) is 4.53. The van der Waals surface area contributed by atoms with Gasteiger partial charge < -0.3 is 0 Å². The Balaban J connectivity index is 2.30. The minimum absolute atomic E-state index is 0.0266. The summed E-state index contributed by atoms with van der Waals surface area (Å²) in [6, 6.07) is 5.58. The van der Waals surface area contributed by atoms with Crippen LogP contribution in [0.25, 0.3) is 6.08 Å². The van der Waals surface area contributed by atoms with E-state index in [4.69, 9.17) is 0 Å². The van der Waals surface area contributed by atoms with E-state index in [-0.39, 0.29) is 6.42 Å². The Hall–Kier alpha value is -1.25. The van der Waals surface area contributed by atoms with Gasteiger partial charge in [0.05, 0.1) is 0 Å². The van der Waals surface area contributed by atoms with Gasteiger partial charge in [-0.3, -0.25) is 0 Å². The number of hydrogen-bond donors (Lipinski definition) is 0. The quantitative estimate of drug-likeness (QED) is 0.728. The van der Waals surface area contributed by atoms with Crippen LogP contribution in [0.3, 0.4) is 0 Å². The van der Waals surface area contributed by atoms with E-state index in [1.165, 1.54) is 6.08 Å². The maximum absolute atomic E-state index is 12.6. The van der Waals surface area contributed by atoms with Crippen LogP contribution in [0.1, 0.15) is 36.5 Å². The molecule has 0 aliphatic heterocycles. The van der Waals surface area contributed by atoms with Crippen molar-refractivity contribution in [1.29, 1.82) is 0 Å². The van der Waals surface area contributed by atoms with Gasteiger partial charge in [0.1, 0.15) is 0 Å². The number of fused-ring (bicyclic) bond motifs is 1. The number of hydrogen-bond acceptors (Lipinski definition) is 0. The summed E-state index contributed by atoms with van der Waals surface area (Å²) in [7, 11) is 0. The second-order valence-corrected chi connectivity index (χ2v) is 4.44. The molecule has 0 aromatic heterocycles. The van der Waals surface area contributed by atoms with Crippen LogP contribution in [0.5, 0.6) is 0 Å². The van der Waals surface area contributed by atoms with Crippen LogP contribution >= 0.6 is 0 Å². The highest BCUT2D eigenvalue weighted by atomic mass is 19.4. The van der Waals surface area contributed by atoms with E-state index in [1.807, 2.05) is 12.1 Å². The lowest BCUT2D eigenvalue weighted by Gasteiger charge is -2.06. The second-order valence-electron chi connectivity index (χ2n) is 4.44. The van der Waals surface area contributed by atoms with Gasteiger partial charge >= 0.3 is 6.18 Å². The lowest BCUT2D eigenvalue weighted by molar-refractivity contribution is -0.0918. The van der Waals surface area contributed by atoms with Gasteiger partial charge in [-0.05, 0) is 35.6 Å². The Bertz CT molecular complexity index is 441. The van der Waals surface area contributed by atoms with Crippen LogP contribution in [0, 0.1) is 0 Å². The SMILES string of the molecule is CCCCc1cccc2c1C=C(C(F)(F)F)C2. The standard InChI is InChI=1S/C14H15F3/c1-2-3-5-10-6-4-7-11-8-12(9-13(10)11)14(15,16)17/h4,6-7,9H,2-3,5,8H2,1H3. The molecule has 1 aliphatic carbocycles. The minimum Gasteiger partial charge on any atom is -0.166 e. The van der Waals surface area contributed by atoms with Gasteiger partial charge in [0.2, 0.25) is 0 Å². The summed E-state index contributed by atoms with van der Waals surface area (Å²) in [5.41, 5.74) is 2.24. The fourth-order valence-corrected chi connectivity index (χ4v) is 2.20. The van der Waals surface area contributed by atoms with E-state index in [0.717, 1.165) is 36.0 Å². The molecule has 1 aliphatic rings. The van der Waals surface area contributed by atoms with Crippen LogP contribution in [0.15, 0.2) is 23.8 Å². The van der Waals surface area contributed by atoms with Gasteiger partial charge in [-0.25, -0.2) is 0 Å². The van der Waals surface area contributed by atoms with Crippen molar-refractivity contribution < 1.29 is 13.2 Å². The maximum Gasteiger partial charge on any atom is 0.413 e. The first kappa shape index (κ1) is 12.2. The van der Waals surface area contributed by atoms with Gasteiger partial charge in [-0.15, -0.1) is 0 Å². The van der Waals surface area contributed by atoms with E-state index in [9.17, 15) is 13.2 Å². The van der Waals surface area contributed by atoms with Gasteiger partial charge in [0.15, 0.2) is 0 Å². The Morgan fingerprint density at radius 1 is 1.24 bits per heavy atom. The normalized spacial score (nSPS) is 14.7. The van der Waals surface area contributed by atoms with Crippen molar-refractivity contribution in [2.24, 2.45) is 0 Å². The number of halogens is 3. The Labute approximate surface area is 99.2 Å². The molecule has 0 saturated carbocycles. The first-order chi connectivity index (χ1) is 8.02. The highest BCUT2D eigenvalue weighted by Crippen LogP contribution is 2.37. The predicted molar refractivity (Wildman–Crippen MR) is 62.8 cm³/mol. The van der Waals surface area contributed by atoms with Crippen LogP contribution in [-0.2, 0) is 12.8 Å². The summed E-state index contributed by atoms with van der Waals surface area (Å²) in [5.74, 6) is 0. The van der Waals surface area contributed by atoms with Crippen LogP contribution in [0.2, 0.25) is 0 Å². The van der Waals surface area contributed by atoms with Crippen LogP contribution in [0.4, 0.5) is 13.2 Å². The Morgan fingerprint density at radius 3 is 2.65 bits per heavy atom. The third-order valence-corrected chi connectivity index (χ3v) is 3.15. The Kier molecular flexibility index (Phi) is 3.27. The summed E-state index contributed by atoms with van der Waals surface area (Å²) in [5, 5.41) is 0. The number of rotatable bonds is 3. The molecule has 0 fully saturated rings. The molecule has 0 saturated heterocycles. The Morgan fingerprint density at radius 2 is 2.00 bits per heavy atom. The molecular weight excluding hydrogens is 225 g/mol. The number of aryl methyl sites for hydroxylation is 1. The number of allylic oxidation sites excluding steroid dienone is 1. The topological polar surface area (TPSA) is 0 Å². The molecule has 3 heteroatoms. The molecular formula is C14H15F3. The zero-order valence-corrected chi connectivity index (χ0v) is 9.77. The van der Waals surface area contributed by atoms with Crippen molar-refractivity contribution in [3.05, 3.63) is 40.5 Å². The highest BCUT2D eigenvalue weighted by molar-refractivity contribution is 5.67. The van der Waals surface area contributed by atoms with Crippen molar-refractivity contribution in [3.8, 4) is 0 Å². The minimum atomic E-state index is -4.19. The lowest BCUT2D eigenvalue weighted by atomic mass is 9.99. The smallest absolute Gasteiger partial charge is 0.166 e. The molecule has 1 aromatic carbocycles. The molecule has 0 amide bonds. The molecule has 0 spiro atoms. The van der Waals surface area contributed by atoms with E-state index < -0.39 is 11.7 Å². The van der Waals surface area contributed by atoms with Crippen LogP contribution in [-0.4, -0.2) is 6.18 Å². The van der Waals surface area contributed by atoms with E-state index in [1.54, 1.807) is 6.07 Å².